The number of hydrogen-bond donors (Lipinski definition) is 2. The highest BCUT2D eigenvalue weighted by Gasteiger charge is 2.22. The van der Waals surface area contributed by atoms with Gasteiger partial charge in [0, 0.05) is 18.5 Å². The minimum absolute atomic E-state index is 0.318. The van der Waals surface area contributed by atoms with Crippen LogP contribution in [-0.4, -0.2) is 29.8 Å². The average Bonchev–Trinajstić information content (AvgIpc) is 3.51. The molecule has 0 spiro atoms. The molecule has 1 aromatic heterocycles. The molecule has 0 aliphatic heterocycles. The third kappa shape index (κ3) is 6.63. The zero-order valence-electron chi connectivity index (χ0n) is 16.1. The van der Waals surface area contributed by atoms with Gasteiger partial charge in [-0.15, -0.1) is 0 Å². The standard InChI is InChI=1S/C22H31ClN2O2/c23-20-11-12-21(27-16-17-7-8-17)22-19(20)10-9-18(25-22)15-24-13-5-3-1-2-4-6-14-26/h9-12,17,24,26H,1-8,13-16H2. The Bertz CT molecular complexity index is 719. The number of aliphatic hydroxyl groups excluding tert-OH is 1. The second-order valence-electron chi connectivity index (χ2n) is 7.52. The quantitative estimate of drug-likeness (QED) is 0.467. The minimum atomic E-state index is 0.318. The molecule has 5 heteroatoms. The molecule has 27 heavy (non-hydrogen) atoms. The van der Waals surface area contributed by atoms with Crippen molar-refractivity contribution < 1.29 is 9.84 Å². The Morgan fingerprint density at radius 1 is 1.04 bits per heavy atom. The van der Waals surface area contributed by atoms with Crippen LogP contribution in [0.3, 0.4) is 0 Å². The van der Waals surface area contributed by atoms with Gasteiger partial charge >= 0.3 is 0 Å². The largest absolute Gasteiger partial charge is 0.491 e. The van der Waals surface area contributed by atoms with E-state index in [1.165, 1.54) is 38.5 Å². The summed E-state index contributed by atoms with van der Waals surface area (Å²) in [6.07, 6.45) is 9.49. The predicted molar refractivity (Wildman–Crippen MR) is 111 cm³/mol. The molecule has 1 aliphatic rings. The normalized spacial score (nSPS) is 14.0. The van der Waals surface area contributed by atoms with Gasteiger partial charge in [0.1, 0.15) is 11.3 Å². The third-order valence-electron chi connectivity index (χ3n) is 5.06. The summed E-state index contributed by atoms with van der Waals surface area (Å²) < 4.78 is 5.99. The number of aliphatic hydroxyl groups is 1. The van der Waals surface area contributed by atoms with Gasteiger partial charge in [0.15, 0.2) is 0 Å². The first-order valence-electron chi connectivity index (χ1n) is 10.3. The Balaban J connectivity index is 1.47. The molecule has 1 aromatic carbocycles. The van der Waals surface area contributed by atoms with E-state index < -0.39 is 0 Å². The summed E-state index contributed by atoms with van der Waals surface area (Å²) in [6.45, 7) is 2.85. The van der Waals surface area contributed by atoms with Gasteiger partial charge in [-0.05, 0) is 62.4 Å². The molecule has 2 N–H and O–H groups in total. The lowest BCUT2D eigenvalue weighted by molar-refractivity contribution is 0.282. The second kappa shape index (κ2) is 10.8. The lowest BCUT2D eigenvalue weighted by Gasteiger charge is -2.11. The summed E-state index contributed by atoms with van der Waals surface area (Å²) in [7, 11) is 0. The van der Waals surface area contributed by atoms with Crippen molar-refractivity contribution in [2.24, 2.45) is 5.92 Å². The van der Waals surface area contributed by atoms with Crippen molar-refractivity contribution in [3.63, 3.8) is 0 Å². The van der Waals surface area contributed by atoms with E-state index in [-0.39, 0.29) is 0 Å². The maximum atomic E-state index is 8.77. The fourth-order valence-corrected chi connectivity index (χ4v) is 3.41. The lowest BCUT2D eigenvalue weighted by Crippen LogP contribution is -2.15. The van der Waals surface area contributed by atoms with E-state index in [4.69, 9.17) is 26.4 Å². The summed E-state index contributed by atoms with van der Waals surface area (Å²) in [5.41, 5.74) is 1.88. The molecule has 1 heterocycles. The number of unbranched alkanes of at least 4 members (excludes halogenated alkanes) is 5. The molecule has 4 nitrogen and oxygen atoms in total. The van der Waals surface area contributed by atoms with Crippen LogP contribution in [0.2, 0.25) is 5.02 Å². The average molecular weight is 391 g/mol. The Labute approximate surface area is 167 Å². The van der Waals surface area contributed by atoms with E-state index in [1.807, 2.05) is 24.3 Å². The van der Waals surface area contributed by atoms with Gasteiger partial charge in [-0.3, -0.25) is 0 Å². The molecule has 0 unspecified atom stereocenters. The maximum absolute atomic E-state index is 8.77. The SMILES string of the molecule is OCCCCCCCCNCc1ccc2c(Cl)ccc(OCC3CC3)c2n1. The number of pyridine rings is 1. The van der Waals surface area contributed by atoms with Crippen LogP contribution in [0.5, 0.6) is 5.75 Å². The van der Waals surface area contributed by atoms with Crippen LogP contribution < -0.4 is 10.1 Å². The molecule has 1 fully saturated rings. The summed E-state index contributed by atoms with van der Waals surface area (Å²) in [6, 6.07) is 7.92. The number of nitrogens with one attached hydrogen (secondary N) is 1. The van der Waals surface area contributed by atoms with Crippen LogP contribution in [0.25, 0.3) is 10.9 Å². The first-order valence-corrected chi connectivity index (χ1v) is 10.7. The van der Waals surface area contributed by atoms with Crippen molar-refractivity contribution >= 4 is 22.5 Å². The molecule has 0 bridgehead atoms. The van der Waals surface area contributed by atoms with Crippen LogP contribution in [0.1, 0.15) is 57.1 Å². The van der Waals surface area contributed by atoms with Crippen molar-refractivity contribution in [1.82, 2.24) is 10.3 Å². The van der Waals surface area contributed by atoms with Gasteiger partial charge in [-0.2, -0.15) is 0 Å². The summed E-state index contributed by atoms with van der Waals surface area (Å²) in [5.74, 6) is 1.55. The number of aromatic nitrogens is 1. The highest BCUT2D eigenvalue weighted by atomic mass is 35.5. The fraction of sp³-hybridized carbons (Fsp3) is 0.591. The Kier molecular flexibility index (Phi) is 8.18. The summed E-state index contributed by atoms with van der Waals surface area (Å²) in [5, 5.41) is 13.9. The Morgan fingerprint density at radius 2 is 1.81 bits per heavy atom. The molecule has 2 aromatic rings. The number of benzene rings is 1. The monoisotopic (exact) mass is 390 g/mol. The van der Waals surface area contributed by atoms with E-state index >= 15 is 0 Å². The van der Waals surface area contributed by atoms with E-state index in [9.17, 15) is 0 Å². The van der Waals surface area contributed by atoms with Crippen molar-refractivity contribution in [2.75, 3.05) is 19.8 Å². The van der Waals surface area contributed by atoms with Crippen molar-refractivity contribution in [1.29, 1.82) is 0 Å². The second-order valence-corrected chi connectivity index (χ2v) is 7.93. The van der Waals surface area contributed by atoms with Gasteiger partial charge in [0.2, 0.25) is 0 Å². The molecule has 3 rings (SSSR count). The summed E-state index contributed by atoms with van der Waals surface area (Å²) >= 11 is 6.34. The zero-order valence-corrected chi connectivity index (χ0v) is 16.8. The first kappa shape index (κ1) is 20.4. The topological polar surface area (TPSA) is 54.4 Å². The Morgan fingerprint density at radius 3 is 2.59 bits per heavy atom. The van der Waals surface area contributed by atoms with Gasteiger partial charge < -0.3 is 15.2 Å². The lowest BCUT2D eigenvalue weighted by atomic mass is 10.1. The van der Waals surface area contributed by atoms with Gasteiger partial charge in [-0.1, -0.05) is 37.3 Å². The fourth-order valence-electron chi connectivity index (χ4n) is 3.19. The molecule has 1 aliphatic carbocycles. The van der Waals surface area contributed by atoms with E-state index in [1.54, 1.807) is 0 Å². The first-order chi connectivity index (χ1) is 13.3. The van der Waals surface area contributed by atoms with Crippen LogP contribution >= 0.6 is 11.6 Å². The molecule has 1 saturated carbocycles. The molecule has 0 atom stereocenters. The third-order valence-corrected chi connectivity index (χ3v) is 5.39. The number of rotatable bonds is 13. The van der Waals surface area contributed by atoms with Crippen LogP contribution in [-0.2, 0) is 6.54 Å². The van der Waals surface area contributed by atoms with Crippen LogP contribution in [0.15, 0.2) is 24.3 Å². The molecule has 0 amide bonds. The molecule has 0 radical (unpaired) electrons. The number of halogens is 1. The number of hydrogen-bond acceptors (Lipinski definition) is 4. The van der Waals surface area contributed by atoms with Crippen molar-refractivity contribution in [2.45, 2.75) is 57.9 Å². The van der Waals surface area contributed by atoms with Gasteiger partial charge in [0.25, 0.3) is 0 Å². The maximum Gasteiger partial charge on any atom is 0.145 e. The van der Waals surface area contributed by atoms with Gasteiger partial charge in [0.05, 0.1) is 17.3 Å². The molecular formula is C22H31ClN2O2. The van der Waals surface area contributed by atoms with Crippen LogP contribution in [0.4, 0.5) is 0 Å². The van der Waals surface area contributed by atoms with E-state index in [0.29, 0.717) is 12.5 Å². The van der Waals surface area contributed by atoms with E-state index in [2.05, 4.69) is 5.32 Å². The Hall–Kier alpha value is -1.36. The molecule has 0 saturated heterocycles. The van der Waals surface area contributed by atoms with Crippen LogP contribution in [0, 0.1) is 5.92 Å². The zero-order chi connectivity index (χ0) is 18.9. The van der Waals surface area contributed by atoms with Crippen molar-refractivity contribution in [3.8, 4) is 5.75 Å². The molecular weight excluding hydrogens is 360 g/mol. The van der Waals surface area contributed by atoms with Gasteiger partial charge in [-0.25, -0.2) is 4.98 Å². The number of fused-ring (bicyclic) bond motifs is 1. The highest BCUT2D eigenvalue weighted by molar-refractivity contribution is 6.35. The predicted octanol–water partition coefficient (Wildman–Crippen LogP) is 5.10. The van der Waals surface area contributed by atoms with E-state index in [0.717, 1.165) is 59.9 Å². The minimum Gasteiger partial charge on any atom is -0.491 e. The smallest absolute Gasteiger partial charge is 0.145 e. The molecule has 148 valence electrons. The highest BCUT2D eigenvalue weighted by Crippen LogP contribution is 2.33. The summed E-state index contributed by atoms with van der Waals surface area (Å²) in [4.78, 5) is 4.81. The number of ether oxygens (including phenoxy) is 1. The number of nitrogens with zero attached hydrogens (tertiary/aromatic N) is 1. The van der Waals surface area contributed by atoms with Crippen molar-refractivity contribution in [3.05, 3.63) is 35.0 Å².